The standard InChI is InChI=1S/C14H17F2N3/c1-4-13-14(8-19(3)18-13)17-9(2)10-5-11(15)7-12(16)6-10/h5-9,17H,4H2,1-3H3. The highest BCUT2D eigenvalue weighted by atomic mass is 19.1. The van der Waals surface area contributed by atoms with Gasteiger partial charge in [0.05, 0.1) is 11.4 Å². The van der Waals surface area contributed by atoms with E-state index in [9.17, 15) is 8.78 Å². The van der Waals surface area contributed by atoms with Gasteiger partial charge in [0, 0.05) is 25.4 Å². The molecule has 0 aliphatic rings. The van der Waals surface area contributed by atoms with Crippen molar-refractivity contribution in [3.05, 3.63) is 47.3 Å². The van der Waals surface area contributed by atoms with Crippen molar-refractivity contribution in [2.45, 2.75) is 26.3 Å². The molecule has 0 aliphatic heterocycles. The molecule has 0 amide bonds. The average Bonchev–Trinajstić information content (AvgIpc) is 2.68. The monoisotopic (exact) mass is 265 g/mol. The Morgan fingerprint density at radius 1 is 1.26 bits per heavy atom. The minimum Gasteiger partial charge on any atom is -0.376 e. The quantitative estimate of drug-likeness (QED) is 0.917. The fraction of sp³-hybridized carbons (Fsp3) is 0.357. The van der Waals surface area contributed by atoms with Gasteiger partial charge in [0.25, 0.3) is 0 Å². The second kappa shape index (κ2) is 5.38. The lowest BCUT2D eigenvalue weighted by Gasteiger charge is -2.15. The van der Waals surface area contributed by atoms with Crippen molar-refractivity contribution in [1.29, 1.82) is 0 Å². The minimum atomic E-state index is -0.564. The van der Waals surface area contributed by atoms with Gasteiger partial charge in [0.1, 0.15) is 11.6 Å². The van der Waals surface area contributed by atoms with Gasteiger partial charge in [-0.2, -0.15) is 5.10 Å². The van der Waals surface area contributed by atoms with Crippen LogP contribution in [0.25, 0.3) is 0 Å². The third-order valence-electron chi connectivity index (χ3n) is 3.00. The number of aryl methyl sites for hydroxylation is 2. The Bertz CT molecular complexity index is 558. The summed E-state index contributed by atoms with van der Waals surface area (Å²) in [6.07, 6.45) is 2.67. The lowest BCUT2D eigenvalue weighted by molar-refractivity contribution is 0.577. The van der Waals surface area contributed by atoms with Gasteiger partial charge in [0.2, 0.25) is 0 Å². The van der Waals surface area contributed by atoms with E-state index in [0.717, 1.165) is 23.9 Å². The summed E-state index contributed by atoms with van der Waals surface area (Å²) in [4.78, 5) is 0. The predicted octanol–water partition coefficient (Wildman–Crippen LogP) is 3.43. The Kier molecular flexibility index (Phi) is 3.83. The molecule has 1 heterocycles. The summed E-state index contributed by atoms with van der Waals surface area (Å²) in [6, 6.07) is 3.35. The van der Waals surface area contributed by atoms with Crippen molar-refractivity contribution < 1.29 is 8.78 Å². The van der Waals surface area contributed by atoms with Crippen LogP contribution in [0.3, 0.4) is 0 Å². The van der Waals surface area contributed by atoms with Crippen LogP contribution < -0.4 is 5.32 Å². The first kappa shape index (κ1) is 13.5. The largest absolute Gasteiger partial charge is 0.376 e. The molecule has 3 nitrogen and oxygen atoms in total. The van der Waals surface area contributed by atoms with Gasteiger partial charge >= 0.3 is 0 Å². The summed E-state index contributed by atoms with van der Waals surface area (Å²) in [6.45, 7) is 3.88. The lowest BCUT2D eigenvalue weighted by Crippen LogP contribution is -2.08. The molecule has 102 valence electrons. The van der Waals surface area contributed by atoms with Crippen LogP contribution in [0, 0.1) is 11.6 Å². The Balaban J connectivity index is 2.22. The molecular weight excluding hydrogens is 248 g/mol. The van der Waals surface area contributed by atoms with Crippen LogP contribution in [0.5, 0.6) is 0 Å². The van der Waals surface area contributed by atoms with Crippen molar-refractivity contribution in [1.82, 2.24) is 9.78 Å². The van der Waals surface area contributed by atoms with Crippen LogP contribution in [-0.4, -0.2) is 9.78 Å². The molecule has 5 heteroatoms. The summed E-state index contributed by atoms with van der Waals surface area (Å²) in [5.41, 5.74) is 2.40. The normalized spacial score (nSPS) is 12.5. The number of hydrogen-bond donors (Lipinski definition) is 1. The van der Waals surface area contributed by atoms with E-state index < -0.39 is 11.6 Å². The molecule has 19 heavy (non-hydrogen) atoms. The number of rotatable bonds is 4. The number of halogens is 2. The highest BCUT2D eigenvalue weighted by Crippen LogP contribution is 2.23. The highest BCUT2D eigenvalue weighted by Gasteiger charge is 2.12. The molecule has 0 radical (unpaired) electrons. The first-order chi connectivity index (χ1) is 8.99. The smallest absolute Gasteiger partial charge is 0.126 e. The van der Waals surface area contributed by atoms with Gasteiger partial charge in [-0.1, -0.05) is 6.92 Å². The summed E-state index contributed by atoms with van der Waals surface area (Å²) in [7, 11) is 1.84. The van der Waals surface area contributed by atoms with E-state index in [-0.39, 0.29) is 6.04 Å². The number of nitrogens with zero attached hydrogens (tertiary/aromatic N) is 2. The fourth-order valence-electron chi connectivity index (χ4n) is 2.06. The molecule has 1 N–H and O–H groups in total. The molecule has 0 saturated carbocycles. The SMILES string of the molecule is CCc1nn(C)cc1NC(C)c1cc(F)cc(F)c1. The van der Waals surface area contributed by atoms with Gasteiger partial charge in [-0.05, 0) is 31.0 Å². The summed E-state index contributed by atoms with van der Waals surface area (Å²) >= 11 is 0. The number of nitrogens with one attached hydrogen (secondary N) is 1. The molecule has 0 bridgehead atoms. The fourth-order valence-corrected chi connectivity index (χ4v) is 2.06. The molecule has 0 spiro atoms. The Morgan fingerprint density at radius 3 is 2.47 bits per heavy atom. The van der Waals surface area contributed by atoms with Crippen LogP contribution >= 0.6 is 0 Å². The summed E-state index contributed by atoms with van der Waals surface area (Å²) in [5, 5.41) is 7.55. The van der Waals surface area contributed by atoms with Crippen LogP contribution in [0.15, 0.2) is 24.4 Å². The Hall–Kier alpha value is -1.91. The maximum Gasteiger partial charge on any atom is 0.126 e. The molecule has 0 fully saturated rings. The first-order valence-electron chi connectivity index (χ1n) is 6.24. The molecule has 2 aromatic rings. The zero-order chi connectivity index (χ0) is 14.0. The second-order valence-electron chi connectivity index (χ2n) is 4.59. The average molecular weight is 265 g/mol. The number of aromatic nitrogens is 2. The van der Waals surface area contributed by atoms with E-state index in [0.29, 0.717) is 5.56 Å². The number of hydrogen-bond acceptors (Lipinski definition) is 2. The topological polar surface area (TPSA) is 29.9 Å². The van der Waals surface area contributed by atoms with Crippen LogP contribution in [0.2, 0.25) is 0 Å². The van der Waals surface area contributed by atoms with Gasteiger partial charge in [0.15, 0.2) is 0 Å². The Labute approximate surface area is 111 Å². The van der Waals surface area contributed by atoms with Crippen molar-refractivity contribution in [2.24, 2.45) is 7.05 Å². The van der Waals surface area contributed by atoms with Crippen LogP contribution in [-0.2, 0) is 13.5 Å². The Morgan fingerprint density at radius 2 is 1.89 bits per heavy atom. The van der Waals surface area contributed by atoms with Gasteiger partial charge in [-0.25, -0.2) is 8.78 Å². The van der Waals surface area contributed by atoms with E-state index in [1.54, 1.807) is 4.68 Å². The molecule has 0 aliphatic carbocycles. The van der Waals surface area contributed by atoms with Crippen LogP contribution in [0.1, 0.15) is 31.1 Å². The van der Waals surface area contributed by atoms with E-state index in [1.165, 1.54) is 12.1 Å². The highest BCUT2D eigenvalue weighted by molar-refractivity contribution is 5.48. The third-order valence-corrected chi connectivity index (χ3v) is 3.00. The van der Waals surface area contributed by atoms with Crippen molar-refractivity contribution in [3.63, 3.8) is 0 Å². The minimum absolute atomic E-state index is 0.195. The van der Waals surface area contributed by atoms with E-state index in [2.05, 4.69) is 10.4 Å². The maximum absolute atomic E-state index is 13.2. The summed E-state index contributed by atoms with van der Waals surface area (Å²) < 4.78 is 28.1. The van der Waals surface area contributed by atoms with Gasteiger partial charge < -0.3 is 5.32 Å². The molecule has 1 unspecified atom stereocenters. The first-order valence-corrected chi connectivity index (χ1v) is 6.24. The zero-order valence-corrected chi connectivity index (χ0v) is 11.2. The third kappa shape index (κ3) is 3.10. The molecule has 1 aromatic heterocycles. The van der Waals surface area contributed by atoms with Crippen molar-refractivity contribution >= 4 is 5.69 Å². The van der Waals surface area contributed by atoms with Crippen LogP contribution in [0.4, 0.5) is 14.5 Å². The van der Waals surface area contributed by atoms with E-state index >= 15 is 0 Å². The van der Waals surface area contributed by atoms with Gasteiger partial charge in [-0.3, -0.25) is 4.68 Å². The maximum atomic E-state index is 13.2. The number of benzene rings is 1. The second-order valence-corrected chi connectivity index (χ2v) is 4.59. The van der Waals surface area contributed by atoms with E-state index in [4.69, 9.17) is 0 Å². The molecule has 1 aromatic carbocycles. The predicted molar refractivity (Wildman–Crippen MR) is 71.0 cm³/mol. The van der Waals surface area contributed by atoms with Crippen molar-refractivity contribution in [3.8, 4) is 0 Å². The molecule has 2 rings (SSSR count). The van der Waals surface area contributed by atoms with Gasteiger partial charge in [-0.15, -0.1) is 0 Å². The molecule has 0 saturated heterocycles. The number of anilines is 1. The lowest BCUT2D eigenvalue weighted by atomic mass is 10.1. The zero-order valence-electron chi connectivity index (χ0n) is 11.2. The van der Waals surface area contributed by atoms with E-state index in [1.807, 2.05) is 27.1 Å². The summed E-state index contributed by atoms with van der Waals surface area (Å²) in [5.74, 6) is -1.13. The molecular formula is C14H17F2N3. The van der Waals surface area contributed by atoms with Crippen molar-refractivity contribution in [2.75, 3.05) is 5.32 Å². The molecule has 1 atom stereocenters.